The first-order valence-electron chi connectivity index (χ1n) is 6.34. The summed E-state index contributed by atoms with van der Waals surface area (Å²) in [5.74, 6) is -2.71. The van der Waals surface area contributed by atoms with Crippen molar-refractivity contribution >= 4 is 0 Å². The van der Waals surface area contributed by atoms with Gasteiger partial charge < -0.3 is 15.7 Å². The van der Waals surface area contributed by atoms with Crippen molar-refractivity contribution in [3.05, 3.63) is 0 Å². The van der Waals surface area contributed by atoms with Crippen LogP contribution in [0.3, 0.4) is 0 Å². The number of hydrogen-bond donors (Lipinski definition) is 2. The van der Waals surface area contributed by atoms with Crippen LogP contribution >= 0.6 is 0 Å². The molecule has 5 heteroatoms. The normalized spacial score (nSPS) is 43.6. The number of hydrogen-bond acceptors (Lipinski definition) is 3. The average Bonchev–Trinajstić information content (AvgIpc) is 2.40. The van der Waals surface area contributed by atoms with Gasteiger partial charge in [0.25, 0.3) is 0 Å². The van der Waals surface area contributed by atoms with Gasteiger partial charge in [0.15, 0.2) is 0 Å². The zero-order valence-electron chi connectivity index (χ0n) is 10.4. The number of alkyl halides is 2. The standard InChI is InChI=1S/C12H22F2N2O/c1-16-7-2-3-11(17,6-8-16)10(15)4-5-12(13,14)9-10/h17H,2-9,15H2,1H3. The van der Waals surface area contributed by atoms with Gasteiger partial charge in [-0.1, -0.05) is 0 Å². The van der Waals surface area contributed by atoms with E-state index in [4.69, 9.17) is 5.73 Å². The molecule has 1 saturated carbocycles. The molecule has 2 unspecified atom stereocenters. The van der Waals surface area contributed by atoms with Crippen LogP contribution in [-0.4, -0.2) is 47.2 Å². The van der Waals surface area contributed by atoms with E-state index in [0.29, 0.717) is 12.8 Å². The molecule has 0 amide bonds. The quantitative estimate of drug-likeness (QED) is 0.736. The molecule has 17 heavy (non-hydrogen) atoms. The molecule has 0 aromatic rings. The van der Waals surface area contributed by atoms with Gasteiger partial charge in [0.05, 0.1) is 11.1 Å². The maximum atomic E-state index is 13.3. The number of rotatable bonds is 1. The molecule has 0 aromatic heterocycles. The third-order valence-electron chi connectivity index (χ3n) is 4.48. The van der Waals surface area contributed by atoms with E-state index in [2.05, 4.69) is 4.90 Å². The lowest BCUT2D eigenvalue weighted by atomic mass is 9.74. The largest absolute Gasteiger partial charge is 0.388 e. The lowest BCUT2D eigenvalue weighted by molar-refractivity contribution is -0.0666. The molecule has 0 aromatic carbocycles. The minimum Gasteiger partial charge on any atom is -0.388 e. The van der Waals surface area contributed by atoms with Crippen LogP contribution in [0.1, 0.15) is 38.5 Å². The lowest BCUT2D eigenvalue weighted by Gasteiger charge is -2.42. The van der Waals surface area contributed by atoms with Gasteiger partial charge in [0, 0.05) is 19.4 Å². The van der Waals surface area contributed by atoms with Gasteiger partial charge in [-0.15, -0.1) is 0 Å². The second-order valence-corrected chi connectivity index (χ2v) is 5.88. The van der Waals surface area contributed by atoms with Crippen molar-refractivity contribution in [1.29, 1.82) is 0 Å². The number of nitrogens with zero attached hydrogens (tertiary/aromatic N) is 1. The van der Waals surface area contributed by atoms with Crippen LogP contribution in [0.5, 0.6) is 0 Å². The molecule has 1 aliphatic carbocycles. The van der Waals surface area contributed by atoms with Gasteiger partial charge >= 0.3 is 0 Å². The highest BCUT2D eigenvalue weighted by Crippen LogP contribution is 2.48. The minimum absolute atomic E-state index is 0.193. The summed E-state index contributed by atoms with van der Waals surface area (Å²) in [5, 5.41) is 10.7. The fourth-order valence-corrected chi connectivity index (χ4v) is 3.19. The summed E-state index contributed by atoms with van der Waals surface area (Å²) >= 11 is 0. The van der Waals surface area contributed by atoms with Crippen molar-refractivity contribution in [3.63, 3.8) is 0 Å². The van der Waals surface area contributed by atoms with Crippen molar-refractivity contribution < 1.29 is 13.9 Å². The van der Waals surface area contributed by atoms with Crippen molar-refractivity contribution in [2.75, 3.05) is 20.1 Å². The Morgan fingerprint density at radius 1 is 1.12 bits per heavy atom. The summed E-state index contributed by atoms with van der Waals surface area (Å²) < 4.78 is 26.7. The SMILES string of the molecule is CN1CCCC(O)(C2(N)CCC(F)(F)C2)CC1. The van der Waals surface area contributed by atoms with Crippen LogP contribution in [0.15, 0.2) is 0 Å². The molecule has 2 atom stereocenters. The Hall–Kier alpha value is -0.260. The van der Waals surface area contributed by atoms with E-state index in [1.54, 1.807) is 0 Å². The molecule has 1 aliphatic heterocycles. The molecule has 2 fully saturated rings. The monoisotopic (exact) mass is 248 g/mol. The first kappa shape index (κ1) is 13.2. The predicted octanol–water partition coefficient (Wildman–Crippen LogP) is 1.35. The first-order valence-corrected chi connectivity index (χ1v) is 6.34. The summed E-state index contributed by atoms with van der Waals surface area (Å²) in [6.45, 7) is 1.62. The molecule has 1 saturated heterocycles. The van der Waals surface area contributed by atoms with E-state index < -0.39 is 17.1 Å². The zero-order chi connectivity index (χ0) is 12.7. The number of aliphatic hydroxyl groups is 1. The summed E-state index contributed by atoms with van der Waals surface area (Å²) in [5.41, 5.74) is 3.87. The third-order valence-corrected chi connectivity index (χ3v) is 4.48. The topological polar surface area (TPSA) is 49.5 Å². The first-order chi connectivity index (χ1) is 7.77. The van der Waals surface area contributed by atoms with Crippen molar-refractivity contribution in [3.8, 4) is 0 Å². The van der Waals surface area contributed by atoms with E-state index in [0.717, 1.165) is 19.5 Å². The minimum atomic E-state index is -2.71. The molecular formula is C12H22F2N2O. The van der Waals surface area contributed by atoms with E-state index in [-0.39, 0.29) is 19.3 Å². The van der Waals surface area contributed by atoms with Crippen LogP contribution < -0.4 is 5.73 Å². The third kappa shape index (κ3) is 2.46. The van der Waals surface area contributed by atoms with Gasteiger partial charge in [0.1, 0.15) is 0 Å². The predicted molar refractivity (Wildman–Crippen MR) is 62.0 cm³/mol. The average molecular weight is 248 g/mol. The molecular weight excluding hydrogens is 226 g/mol. The highest BCUT2D eigenvalue weighted by molar-refractivity contribution is 5.10. The van der Waals surface area contributed by atoms with Crippen molar-refractivity contribution in [2.45, 2.75) is 55.6 Å². The van der Waals surface area contributed by atoms with Gasteiger partial charge in [0.2, 0.25) is 5.92 Å². The smallest absolute Gasteiger partial charge is 0.250 e. The summed E-state index contributed by atoms with van der Waals surface area (Å²) in [6.07, 6.45) is 1.50. The molecule has 0 radical (unpaired) electrons. The zero-order valence-corrected chi connectivity index (χ0v) is 10.4. The molecule has 100 valence electrons. The number of likely N-dealkylation sites (tertiary alicyclic amines) is 1. The Balaban J connectivity index is 2.14. The summed E-state index contributed by atoms with van der Waals surface area (Å²) in [4.78, 5) is 2.12. The highest BCUT2D eigenvalue weighted by atomic mass is 19.3. The Labute approximate surface area is 101 Å². The van der Waals surface area contributed by atoms with Crippen LogP contribution in [0.25, 0.3) is 0 Å². The van der Waals surface area contributed by atoms with Crippen LogP contribution in [-0.2, 0) is 0 Å². The van der Waals surface area contributed by atoms with Crippen molar-refractivity contribution in [1.82, 2.24) is 4.90 Å². The van der Waals surface area contributed by atoms with Gasteiger partial charge in [-0.25, -0.2) is 8.78 Å². The summed E-state index contributed by atoms with van der Waals surface area (Å²) in [7, 11) is 1.98. The van der Waals surface area contributed by atoms with Crippen molar-refractivity contribution in [2.24, 2.45) is 5.73 Å². The molecule has 0 spiro atoms. The van der Waals surface area contributed by atoms with Crippen LogP contribution in [0.2, 0.25) is 0 Å². The van der Waals surface area contributed by atoms with Gasteiger partial charge in [-0.2, -0.15) is 0 Å². The maximum Gasteiger partial charge on any atom is 0.250 e. The van der Waals surface area contributed by atoms with E-state index in [1.165, 1.54) is 0 Å². The highest BCUT2D eigenvalue weighted by Gasteiger charge is 2.57. The summed E-state index contributed by atoms with van der Waals surface area (Å²) in [6, 6.07) is 0. The fraction of sp³-hybridized carbons (Fsp3) is 1.00. The molecule has 0 bridgehead atoms. The molecule has 2 aliphatic rings. The molecule has 3 nitrogen and oxygen atoms in total. The number of halogens is 2. The van der Waals surface area contributed by atoms with Gasteiger partial charge in [-0.05, 0) is 39.3 Å². The molecule has 1 heterocycles. The molecule has 2 rings (SSSR count). The maximum absolute atomic E-state index is 13.3. The van der Waals surface area contributed by atoms with Crippen LogP contribution in [0, 0.1) is 0 Å². The van der Waals surface area contributed by atoms with E-state index in [1.807, 2.05) is 7.05 Å². The van der Waals surface area contributed by atoms with Crippen LogP contribution in [0.4, 0.5) is 8.78 Å². The second kappa shape index (κ2) is 4.14. The second-order valence-electron chi connectivity index (χ2n) is 5.88. The Bertz CT molecular complexity index is 300. The van der Waals surface area contributed by atoms with Gasteiger partial charge in [-0.3, -0.25) is 0 Å². The lowest BCUT2D eigenvalue weighted by Crippen LogP contribution is -2.59. The number of nitrogens with two attached hydrogens (primary N) is 1. The Morgan fingerprint density at radius 3 is 2.41 bits per heavy atom. The van der Waals surface area contributed by atoms with E-state index in [9.17, 15) is 13.9 Å². The fourth-order valence-electron chi connectivity index (χ4n) is 3.19. The Kier molecular flexibility index (Phi) is 3.21. The van der Waals surface area contributed by atoms with E-state index >= 15 is 0 Å². The molecule has 3 N–H and O–H groups in total. The Morgan fingerprint density at radius 2 is 1.82 bits per heavy atom.